The van der Waals surface area contributed by atoms with Gasteiger partial charge in [0.25, 0.3) is 0 Å². The predicted octanol–water partition coefficient (Wildman–Crippen LogP) is 15.5. The Kier molecular flexibility index (Phi) is 6.97. The van der Waals surface area contributed by atoms with Crippen molar-refractivity contribution in [1.82, 2.24) is 0 Å². The molecule has 2 aromatic heterocycles. The lowest BCUT2D eigenvalue weighted by Gasteiger charge is -2.26. The number of rotatable bonds is 5. The van der Waals surface area contributed by atoms with Crippen molar-refractivity contribution < 1.29 is 0 Å². The maximum atomic E-state index is 2.43. The van der Waals surface area contributed by atoms with Gasteiger partial charge in [-0.2, -0.15) is 0 Å². The Morgan fingerprint density at radius 2 is 0.906 bits per heavy atom. The van der Waals surface area contributed by atoms with Crippen LogP contribution in [0, 0.1) is 0 Å². The fourth-order valence-corrected chi connectivity index (χ4v) is 10.4. The zero-order valence-corrected chi connectivity index (χ0v) is 30.3. The van der Waals surface area contributed by atoms with Gasteiger partial charge >= 0.3 is 0 Å². The van der Waals surface area contributed by atoms with Crippen LogP contribution < -0.4 is 4.90 Å². The summed E-state index contributed by atoms with van der Waals surface area (Å²) in [7, 11) is 0. The van der Waals surface area contributed by atoms with E-state index >= 15 is 0 Å². The lowest BCUT2D eigenvalue weighted by Crippen LogP contribution is -2.09. The molecule has 0 N–H and O–H groups in total. The number of thiophene rings is 2. The van der Waals surface area contributed by atoms with E-state index in [1.807, 2.05) is 22.7 Å². The molecule has 2 heterocycles. The SMILES string of the molecule is c1ccc(-c2cccc3cccc(-c4ccc(N(c5ccc6c(c5)sc5ccc7ccccc7c56)c5ccc6sc7ccccc7c6c5)cc4)c23)cc1. The van der Waals surface area contributed by atoms with Crippen molar-refractivity contribution >= 4 is 102 Å². The zero-order valence-electron chi connectivity index (χ0n) is 28.7. The van der Waals surface area contributed by atoms with E-state index in [1.165, 1.54) is 84.1 Å². The lowest BCUT2D eigenvalue weighted by molar-refractivity contribution is 1.30. The molecule has 0 amide bonds. The number of fused-ring (bicyclic) bond motifs is 9. The van der Waals surface area contributed by atoms with Gasteiger partial charge in [-0.25, -0.2) is 0 Å². The van der Waals surface area contributed by atoms with Crippen molar-refractivity contribution in [2.24, 2.45) is 0 Å². The van der Waals surface area contributed by atoms with Crippen molar-refractivity contribution in [3.8, 4) is 22.3 Å². The summed E-state index contributed by atoms with van der Waals surface area (Å²) in [4.78, 5) is 2.43. The van der Waals surface area contributed by atoms with E-state index in [0.717, 1.165) is 17.1 Å². The zero-order chi connectivity index (χ0) is 34.9. The Hall–Kier alpha value is -6.26. The average molecular weight is 710 g/mol. The molecule has 9 aromatic carbocycles. The van der Waals surface area contributed by atoms with Crippen molar-refractivity contribution in [2.75, 3.05) is 4.90 Å². The quantitative estimate of drug-likeness (QED) is 0.172. The Balaban J connectivity index is 1.09. The highest BCUT2D eigenvalue weighted by Crippen LogP contribution is 2.45. The van der Waals surface area contributed by atoms with Crippen LogP contribution in [0.15, 0.2) is 188 Å². The van der Waals surface area contributed by atoms with Gasteiger partial charge in [-0.05, 0) is 98.4 Å². The highest BCUT2D eigenvalue weighted by atomic mass is 32.1. The summed E-state index contributed by atoms with van der Waals surface area (Å²) in [5.74, 6) is 0. The smallest absolute Gasteiger partial charge is 0.0476 e. The highest BCUT2D eigenvalue weighted by Gasteiger charge is 2.18. The summed E-state index contributed by atoms with van der Waals surface area (Å²) in [6, 6.07) is 69.2. The molecule has 0 fully saturated rings. The van der Waals surface area contributed by atoms with Gasteiger partial charge in [-0.3, -0.25) is 0 Å². The Morgan fingerprint density at radius 1 is 0.302 bits per heavy atom. The molecule has 0 aliphatic carbocycles. The molecule has 0 bridgehead atoms. The second-order valence-corrected chi connectivity index (χ2v) is 15.8. The summed E-state index contributed by atoms with van der Waals surface area (Å²) in [6.07, 6.45) is 0. The summed E-state index contributed by atoms with van der Waals surface area (Å²) in [6.45, 7) is 0. The predicted molar refractivity (Wildman–Crippen MR) is 233 cm³/mol. The summed E-state index contributed by atoms with van der Waals surface area (Å²) >= 11 is 3.74. The molecule has 0 radical (unpaired) electrons. The summed E-state index contributed by atoms with van der Waals surface area (Å²) in [5, 5.41) is 10.4. The summed E-state index contributed by atoms with van der Waals surface area (Å²) < 4.78 is 5.24. The van der Waals surface area contributed by atoms with Crippen molar-refractivity contribution in [3.63, 3.8) is 0 Å². The van der Waals surface area contributed by atoms with E-state index in [2.05, 4.69) is 193 Å². The van der Waals surface area contributed by atoms with Gasteiger partial charge in [0, 0.05) is 57.4 Å². The minimum absolute atomic E-state index is 1.13. The maximum Gasteiger partial charge on any atom is 0.0476 e. The molecule has 1 nitrogen and oxygen atoms in total. The van der Waals surface area contributed by atoms with Gasteiger partial charge in [0.15, 0.2) is 0 Å². The van der Waals surface area contributed by atoms with Crippen molar-refractivity contribution in [2.45, 2.75) is 0 Å². The molecule has 248 valence electrons. The number of nitrogens with zero attached hydrogens (tertiary/aromatic N) is 1. The molecule has 0 aliphatic heterocycles. The second-order valence-electron chi connectivity index (χ2n) is 13.7. The highest BCUT2D eigenvalue weighted by molar-refractivity contribution is 7.26. The third kappa shape index (κ3) is 4.97. The van der Waals surface area contributed by atoms with E-state index in [1.54, 1.807) is 0 Å². The van der Waals surface area contributed by atoms with Gasteiger partial charge in [0.2, 0.25) is 0 Å². The van der Waals surface area contributed by atoms with Gasteiger partial charge in [0.1, 0.15) is 0 Å². The number of hydrogen-bond donors (Lipinski definition) is 0. The van der Waals surface area contributed by atoms with E-state index in [-0.39, 0.29) is 0 Å². The van der Waals surface area contributed by atoms with Gasteiger partial charge in [-0.1, -0.05) is 133 Å². The first-order valence-electron chi connectivity index (χ1n) is 18.0. The van der Waals surface area contributed by atoms with Crippen LogP contribution >= 0.6 is 22.7 Å². The molecule has 53 heavy (non-hydrogen) atoms. The van der Waals surface area contributed by atoms with E-state index < -0.39 is 0 Å². The minimum atomic E-state index is 1.13. The Morgan fingerprint density at radius 3 is 1.74 bits per heavy atom. The molecule has 0 atom stereocenters. The lowest BCUT2D eigenvalue weighted by atomic mass is 9.91. The van der Waals surface area contributed by atoms with Crippen molar-refractivity contribution in [1.29, 1.82) is 0 Å². The number of anilines is 3. The van der Waals surface area contributed by atoms with E-state index in [0.29, 0.717) is 0 Å². The molecule has 11 aromatic rings. The molecule has 0 aliphatic rings. The Labute approximate surface area is 315 Å². The minimum Gasteiger partial charge on any atom is -0.310 e. The third-order valence-electron chi connectivity index (χ3n) is 10.6. The standard InChI is InChI=1S/C50H31NS2/c1-2-10-32(11-3-1)39-17-8-13-35-14-9-18-40(49(35)39)34-20-23-36(24-21-34)51(37-26-29-46-44(30-37)42-16-6-7-19-45(42)52-46)38-25-27-43-48(31-38)53-47-28-22-33-12-4-5-15-41(33)50(43)47/h1-31H. The van der Waals surface area contributed by atoms with Crippen LogP contribution in [0.4, 0.5) is 17.1 Å². The van der Waals surface area contributed by atoms with Crippen LogP contribution in [0.5, 0.6) is 0 Å². The first kappa shape index (κ1) is 30.4. The van der Waals surface area contributed by atoms with Crippen LogP contribution in [0.25, 0.3) is 84.1 Å². The molecule has 0 spiro atoms. The van der Waals surface area contributed by atoms with E-state index in [9.17, 15) is 0 Å². The average Bonchev–Trinajstić information content (AvgIpc) is 3.79. The molecule has 11 rings (SSSR count). The van der Waals surface area contributed by atoms with Gasteiger partial charge in [-0.15, -0.1) is 22.7 Å². The molecule has 3 heteroatoms. The summed E-state index contributed by atoms with van der Waals surface area (Å²) in [5.41, 5.74) is 8.35. The Bertz CT molecular complexity index is 3160. The van der Waals surface area contributed by atoms with Gasteiger partial charge < -0.3 is 4.90 Å². The van der Waals surface area contributed by atoms with Gasteiger partial charge in [0.05, 0.1) is 0 Å². The molecule has 0 saturated heterocycles. The first-order valence-corrected chi connectivity index (χ1v) is 19.6. The van der Waals surface area contributed by atoms with Crippen molar-refractivity contribution in [3.05, 3.63) is 188 Å². The number of hydrogen-bond acceptors (Lipinski definition) is 3. The second kappa shape index (κ2) is 12.2. The van der Waals surface area contributed by atoms with Crippen LogP contribution in [-0.4, -0.2) is 0 Å². The molecule has 0 saturated carbocycles. The van der Waals surface area contributed by atoms with Crippen LogP contribution in [0.2, 0.25) is 0 Å². The maximum absolute atomic E-state index is 2.43. The fraction of sp³-hybridized carbons (Fsp3) is 0. The largest absolute Gasteiger partial charge is 0.310 e. The number of benzene rings is 9. The third-order valence-corrected chi connectivity index (χ3v) is 12.9. The molecule has 0 unspecified atom stereocenters. The van der Waals surface area contributed by atoms with Crippen LogP contribution in [-0.2, 0) is 0 Å². The van der Waals surface area contributed by atoms with Crippen LogP contribution in [0.1, 0.15) is 0 Å². The molecular weight excluding hydrogens is 679 g/mol. The van der Waals surface area contributed by atoms with E-state index in [4.69, 9.17) is 0 Å². The fourth-order valence-electron chi connectivity index (χ4n) is 8.20. The molecular formula is C50H31NS2. The van der Waals surface area contributed by atoms with Crippen LogP contribution in [0.3, 0.4) is 0 Å². The topological polar surface area (TPSA) is 3.24 Å². The first-order chi connectivity index (χ1) is 26.3. The monoisotopic (exact) mass is 709 g/mol. The normalized spacial score (nSPS) is 11.8.